The molecule has 0 saturated heterocycles. The van der Waals surface area contributed by atoms with E-state index in [0.29, 0.717) is 11.8 Å². The largest absolute Gasteiger partial charge is 0.272 e. The lowest BCUT2D eigenvalue weighted by molar-refractivity contribution is -0.143. The van der Waals surface area contributed by atoms with Gasteiger partial charge in [-0.15, -0.1) is 0 Å². The third-order valence-corrected chi connectivity index (χ3v) is 7.53. The van der Waals surface area contributed by atoms with Crippen molar-refractivity contribution in [2.24, 2.45) is 35.5 Å². The van der Waals surface area contributed by atoms with E-state index in [2.05, 4.69) is 13.8 Å². The Kier molecular flexibility index (Phi) is 4.30. The van der Waals surface area contributed by atoms with E-state index in [1.165, 1.54) is 63.5 Å². The predicted octanol–water partition coefficient (Wildman–Crippen LogP) is 4.18. The maximum Gasteiger partial charge on any atom is 0.253 e. The average Bonchev–Trinajstić information content (AvgIpc) is 3.10. The summed E-state index contributed by atoms with van der Waals surface area (Å²) in [4.78, 5) is 26.3. The summed E-state index contributed by atoms with van der Waals surface area (Å²) < 4.78 is 0. The molecule has 0 spiro atoms. The van der Waals surface area contributed by atoms with Crippen LogP contribution in [0, 0.1) is 35.5 Å². The second-order valence-corrected chi connectivity index (χ2v) is 8.98. The molecule has 0 radical (unpaired) electrons. The molecular formula is C21H31NO2. The van der Waals surface area contributed by atoms with Crippen molar-refractivity contribution >= 4 is 11.8 Å². The first-order valence-corrected chi connectivity index (χ1v) is 10.1. The standard InChI is InChI=1S/C21H31NO2/c1-13(2)21(22-19(23)10-11-20(22)24)17-9-5-8-16-15-7-4-3-6-14(15)12-18(16)17/h10-11,13-18,21H,3-9,12H2,1-2H3. The van der Waals surface area contributed by atoms with Crippen LogP contribution in [0.4, 0.5) is 0 Å². The number of fused-ring (bicyclic) bond motifs is 3. The van der Waals surface area contributed by atoms with Gasteiger partial charge in [0.2, 0.25) is 0 Å². The summed E-state index contributed by atoms with van der Waals surface area (Å²) >= 11 is 0. The summed E-state index contributed by atoms with van der Waals surface area (Å²) in [5, 5.41) is 0. The zero-order valence-electron chi connectivity index (χ0n) is 15.1. The summed E-state index contributed by atoms with van der Waals surface area (Å²) in [6, 6.07) is 0.0907. The molecule has 6 unspecified atom stereocenters. The van der Waals surface area contributed by atoms with Gasteiger partial charge in [0.25, 0.3) is 11.8 Å². The van der Waals surface area contributed by atoms with Crippen LogP contribution in [0.1, 0.15) is 65.2 Å². The van der Waals surface area contributed by atoms with Crippen LogP contribution in [0.25, 0.3) is 0 Å². The van der Waals surface area contributed by atoms with E-state index < -0.39 is 0 Å². The van der Waals surface area contributed by atoms with Crippen LogP contribution in [0.15, 0.2) is 12.2 Å². The molecule has 0 bridgehead atoms. The highest BCUT2D eigenvalue weighted by atomic mass is 16.2. The van der Waals surface area contributed by atoms with Gasteiger partial charge in [-0.1, -0.05) is 39.5 Å². The van der Waals surface area contributed by atoms with Crippen LogP contribution in [0.3, 0.4) is 0 Å². The van der Waals surface area contributed by atoms with Gasteiger partial charge in [-0.2, -0.15) is 0 Å². The van der Waals surface area contributed by atoms with Gasteiger partial charge in [0.1, 0.15) is 0 Å². The molecule has 0 N–H and O–H groups in total. The Bertz CT molecular complexity index is 534. The maximum atomic E-state index is 12.3. The fraction of sp³-hybridized carbons (Fsp3) is 0.810. The van der Waals surface area contributed by atoms with E-state index in [9.17, 15) is 9.59 Å². The van der Waals surface area contributed by atoms with E-state index >= 15 is 0 Å². The maximum absolute atomic E-state index is 12.3. The minimum atomic E-state index is -0.0868. The zero-order chi connectivity index (χ0) is 16.8. The van der Waals surface area contributed by atoms with Crippen LogP contribution in [-0.4, -0.2) is 22.8 Å². The Morgan fingerprint density at radius 2 is 1.54 bits per heavy atom. The molecule has 3 saturated carbocycles. The first-order chi connectivity index (χ1) is 11.6. The Hall–Kier alpha value is -1.12. The summed E-state index contributed by atoms with van der Waals surface area (Å²) in [5.41, 5.74) is 0. The Balaban J connectivity index is 1.61. The fourth-order valence-electron chi connectivity index (χ4n) is 6.77. The minimum absolute atomic E-state index is 0.0868. The highest BCUT2D eigenvalue weighted by Crippen LogP contribution is 2.57. The topological polar surface area (TPSA) is 37.4 Å². The molecular weight excluding hydrogens is 298 g/mol. The van der Waals surface area contributed by atoms with Gasteiger partial charge in [0.15, 0.2) is 0 Å². The van der Waals surface area contributed by atoms with Gasteiger partial charge >= 0.3 is 0 Å². The Labute approximate surface area is 145 Å². The average molecular weight is 329 g/mol. The van der Waals surface area contributed by atoms with Crippen molar-refractivity contribution in [3.8, 4) is 0 Å². The van der Waals surface area contributed by atoms with Crippen molar-refractivity contribution in [1.29, 1.82) is 0 Å². The molecule has 24 heavy (non-hydrogen) atoms. The number of rotatable bonds is 3. The molecule has 0 aromatic rings. The van der Waals surface area contributed by atoms with Crippen molar-refractivity contribution in [2.45, 2.75) is 71.3 Å². The molecule has 3 heteroatoms. The van der Waals surface area contributed by atoms with Gasteiger partial charge in [0, 0.05) is 18.2 Å². The molecule has 3 nitrogen and oxygen atoms in total. The van der Waals surface area contributed by atoms with Crippen LogP contribution < -0.4 is 0 Å². The van der Waals surface area contributed by atoms with E-state index in [4.69, 9.17) is 0 Å². The van der Waals surface area contributed by atoms with Gasteiger partial charge in [-0.3, -0.25) is 14.5 Å². The smallest absolute Gasteiger partial charge is 0.253 e. The third kappa shape index (κ3) is 2.55. The first-order valence-electron chi connectivity index (χ1n) is 10.1. The number of carbonyl (C=O) groups is 2. The van der Waals surface area contributed by atoms with Crippen LogP contribution in [-0.2, 0) is 9.59 Å². The quantitative estimate of drug-likeness (QED) is 0.729. The van der Waals surface area contributed by atoms with E-state index in [1.54, 1.807) is 4.90 Å². The molecule has 3 fully saturated rings. The first kappa shape index (κ1) is 16.4. The molecule has 1 aliphatic heterocycles. The summed E-state index contributed by atoms with van der Waals surface area (Å²) in [7, 11) is 0. The minimum Gasteiger partial charge on any atom is -0.272 e. The van der Waals surface area contributed by atoms with Gasteiger partial charge < -0.3 is 0 Å². The van der Waals surface area contributed by atoms with Gasteiger partial charge in [0.05, 0.1) is 0 Å². The van der Waals surface area contributed by atoms with Crippen molar-refractivity contribution in [3.63, 3.8) is 0 Å². The van der Waals surface area contributed by atoms with Crippen LogP contribution in [0.2, 0.25) is 0 Å². The number of imide groups is 1. The molecule has 4 aliphatic rings. The van der Waals surface area contributed by atoms with Crippen molar-refractivity contribution in [1.82, 2.24) is 4.90 Å². The molecule has 132 valence electrons. The summed E-state index contributed by atoms with van der Waals surface area (Å²) in [5.74, 6) is 4.13. The SMILES string of the molecule is CC(C)C(C1CCCC2C3CCCCC3CC21)N1C(=O)C=CC1=O. The van der Waals surface area contributed by atoms with Crippen LogP contribution in [0.5, 0.6) is 0 Å². The second kappa shape index (κ2) is 6.31. The molecule has 6 atom stereocenters. The van der Waals surface area contributed by atoms with E-state index in [0.717, 1.165) is 23.7 Å². The van der Waals surface area contributed by atoms with E-state index in [1.807, 2.05) is 0 Å². The van der Waals surface area contributed by atoms with Gasteiger partial charge in [-0.05, 0) is 61.2 Å². The van der Waals surface area contributed by atoms with Crippen LogP contribution >= 0.6 is 0 Å². The molecule has 2 amide bonds. The third-order valence-electron chi connectivity index (χ3n) is 7.53. The lowest BCUT2D eigenvalue weighted by Gasteiger charge is -2.44. The van der Waals surface area contributed by atoms with Crippen molar-refractivity contribution in [3.05, 3.63) is 12.2 Å². The number of carbonyl (C=O) groups excluding carboxylic acids is 2. The Morgan fingerprint density at radius 1 is 0.875 bits per heavy atom. The monoisotopic (exact) mass is 329 g/mol. The Morgan fingerprint density at radius 3 is 2.25 bits per heavy atom. The molecule has 3 aliphatic carbocycles. The molecule has 4 rings (SSSR count). The number of hydrogen-bond donors (Lipinski definition) is 0. The normalized spacial score (nSPS) is 40.1. The lowest BCUT2D eigenvalue weighted by Crippen LogP contribution is -2.51. The second-order valence-electron chi connectivity index (χ2n) is 8.98. The summed E-state index contributed by atoms with van der Waals surface area (Å²) in [6.45, 7) is 4.38. The van der Waals surface area contributed by atoms with Gasteiger partial charge in [-0.25, -0.2) is 0 Å². The fourth-order valence-corrected chi connectivity index (χ4v) is 6.77. The predicted molar refractivity (Wildman–Crippen MR) is 94.0 cm³/mol. The van der Waals surface area contributed by atoms with E-state index in [-0.39, 0.29) is 17.9 Å². The van der Waals surface area contributed by atoms with Crippen molar-refractivity contribution in [2.75, 3.05) is 0 Å². The molecule has 0 aromatic carbocycles. The molecule has 0 aromatic heterocycles. The lowest BCUT2D eigenvalue weighted by atomic mass is 9.66. The highest BCUT2D eigenvalue weighted by Gasteiger charge is 2.51. The number of nitrogens with zero attached hydrogens (tertiary/aromatic N) is 1. The number of amides is 2. The highest BCUT2D eigenvalue weighted by molar-refractivity contribution is 6.13. The van der Waals surface area contributed by atoms with Crippen molar-refractivity contribution < 1.29 is 9.59 Å². The zero-order valence-corrected chi connectivity index (χ0v) is 15.1. The molecule has 1 heterocycles. The number of hydrogen-bond acceptors (Lipinski definition) is 2. The summed E-state index contributed by atoms with van der Waals surface area (Å²) in [6.07, 6.45) is 13.8.